The van der Waals surface area contributed by atoms with E-state index in [9.17, 15) is 18.0 Å². The number of unbranched alkanes of at least 4 members (excludes halogenated alkanes) is 1. The Labute approximate surface area is 204 Å². The minimum atomic E-state index is -3.70. The molecule has 0 saturated heterocycles. The lowest BCUT2D eigenvalue weighted by Gasteiger charge is -2.15. The van der Waals surface area contributed by atoms with E-state index in [-0.39, 0.29) is 22.5 Å². The normalized spacial score (nSPS) is 15.6. The van der Waals surface area contributed by atoms with E-state index in [4.69, 9.17) is 0 Å². The number of carbonyl (C=O) groups is 2. The molecular formula is C26H26N4O4S. The first-order valence-corrected chi connectivity index (χ1v) is 12.8. The van der Waals surface area contributed by atoms with Gasteiger partial charge in [-0.1, -0.05) is 56.2 Å². The zero-order valence-electron chi connectivity index (χ0n) is 19.2. The molecule has 9 heteroatoms. The quantitative estimate of drug-likeness (QED) is 0.439. The topological polar surface area (TPSA) is 117 Å². The second-order valence-electron chi connectivity index (χ2n) is 8.13. The maximum atomic E-state index is 13.2. The number of amides is 2. The van der Waals surface area contributed by atoms with Gasteiger partial charge in [0, 0.05) is 22.5 Å². The predicted molar refractivity (Wildman–Crippen MR) is 136 cm³/mol. The van der Waals surface area contributed by atoms with Crippen molar-refractivity contribution in [1.82, 2.24) is 4.72 Å². The van der Waals surface area contributed by atoms with Crippen LogP contribution in [0, 0.1) is 0 Å². The predicted octanol–water partition coefficient (Wildman–Crippen LogP) is 4.17. The number of nitrogens with one attached hydrogen (secondary N) is 3. The Balaban J connectivity index is 1.52. The number of sulfonamides is 1. The van der Waals surface area contributed by atoms with Gasteiger partial charge in [0.15, 0.2) is 0 Å². The minimum Gasteiger partial charge on any atom is -0.324 e. The summed E-state index contributed by atoms with van der Waals surface area (Å²) in [4.78, 5) is 30.2. The third-order valence-corrected chi connectivity index (χ3v) is 6.90. The Bertz CT molecular complexity index is 1370. The molecular weight excluding hydrogens is 464 g/mol. The molecule has 180 valence electrons. The summed E-state index contributed by atoms with van der Waals surface area (Å²) in [6, 6.07) is 21.4. The SMILES string of the molecule is CCCCC(N=C1NS(=O)(=O)c2ccccc21)C(=O)Nc1cccc(NC(=O)c2ccccc2)c1. The van der Waals surface area contributed by atoms with Gasteiger partial charge in [0.25, 0.3) is 15.9 Å². The number of hydrogen-bond acceptors (Lipinski definition) is 5. The summed E-state index contributed by atoms with van der Waals surface area (Å²) < 4.78 is 27.3. The van der Waals surface area contributed by atoms with Crippen LogP contribution < -0.4 is 15.4 Å². The van der Waals surface area contributed by atoms with Gasteiger partial charge in [-0.25, -0.2) is 8.42 Å². The lowest BCUT2D eigenvalue weighted by atomic mass is 10.1. The zero-order valence-corrected chi connectivity index (χ0v) is 20.0. The summed E-state index contributed by atoms with van der Waals surface area (Å²) in [5.41, 5.74) is 2.00. The molecule has 4 rings (SSSR count). The van der Waals surface area contributed by atoms with Crippen molar-refractivity contribution >= 4 is 39.0 Å². The van der Waals surface area contributed by atoms with Crippen molar-refractivity contribution in [2.45, 2.75) is 37.1 Å². The van der Waals surface area contributed by atoms with Crippen LogP contribution in [0.15, 0.2) is 88.8 Å². The Hall–Kier alpha value is -3.98. The van der Waals surface area contributed by atoms with E-state index in [1.807, 2.05) is 13.0 Å². The fraction of sp³-hybridized carbons (Fsp3) is 0.192. The molecule has 0 radical (unpaired) electrons. The molecule has 1 unspecified atom stereocenters. The lowest BCUT2D eigenvalue weighted by molar-refractivity contribution is -0.117. The van der Waals surface area contributed by atoms with Gasteiger partial charge in [-0.2, -0.15) is 0 Å². The van der Waals surface area contributed by atoms with Crippen LogP contribution in [-0.2, 0) is 14.8 Å². The molecule has 1 heterocycles. The van der Waals surface area contributed by atoms with Crippen LogP contribution >= 0.6 is 0 Å². The summed E-state index contributed by atoms with van der Waals surface area (Å²) in [5, 5.41) is 5.67. The van der Waals surface area contributed by atoms with E-state index < -0.39 is 16.1 Å². The average molecular weight is 491 g/mol. The molecule has 3 N–H and O–H groups in total. The van der Waals surface area contributed by atoms with Crippen LogP contribution in [0.2, 0.25) is 0 Å². The van der Waals surface area contributed by atoms with Crippen LogP contribution in [0.5, 0.6) is 0 Å². The molecule has 0 fully saturated rings. The van der Waals surface area contributed by atoms with Gasteiger partial charge in [0.1, 0.15) is 11.9 Å². The molecule has 0 spiro atoms. The van der Waals surface area contributed by atoms with Gasteiger partial charge >= 0.3 is 0 Å². The van der Waals surface area contributed by atoms with Gasteiger partial charge in [-0.15, -0.1) is 0 Å². The van der Waals surface area contributed by atoms with Gasteiger partial charge < -0.3 is 10.6 Å². The van der Waals surface area contributed by atoms with E-state index in [1.165, 1.54) is 6.07 Å². The summed E-state index contributed by atoms with van der Waals surface area (Å²) >= 11 is 0. The maximum absolute atomic E-state index is 13.2. The van der Waals surface area contributed by atoms with Crippen LogP contribution in [0.1, 0.15) is 42.1 Å². The third-order valence-electron chi connectivity index (χ3n) is 5.51. The zero-order chi connectivity index (χ0) is 24.8. The number of benzene rings is 3. The first-order valence-electron chi connectivity index (χ1n) is 11.3. The van der Waals surface area contributed by atoms with Gasteiger partial charge in [0.2, 0.25) is 5.91 Å². The number of amidine groups is 1. The first-order chi connectivity index (χ1) is 16.9. The van der Waals surface area contributed by atoms with Gasteiger partial charge in [0.05, 0.1) is 4.90 Å². The molecule has 35 heavy (non-hydrogen) atoms. The van der Waals surface area contributed by atoms with E-state index >= 15 is 0 Å². The van der Waals surface area contributed by atoms with Crippen molar-refractivity contribution < 1.29 is 18.0 Å². The maximum Gasteiger partial charge on any atom is 0.263 e. The summed E-state index contributed by atoms with van der Waals surface area (Å²) in [6.45, 7) is 2.01. The summed E-state index contributed by atoms with van der Waals surface area (Å²) in [5.74, 6) is -0.449. The molecule has 8 nitrogen and oxygen atoms in total. The second-order valence-corrected chi connectivity index (χ2v) is 9.78. The molecule has 0 bridgehead atoms. The molecule has 2 amide bonds. The van der Waals surface area contributed by atoms with Gasteiger partial charge in [-0.05, 0) is 48.9 Å². The van der Waals surface area contributed by atoms with Crippen molar-refractivity contribution in [3.63, 3.8) is 0 Å². The Morgan fingerprint density at radius 3 is 2.34 bits per heavy atom. The number of nitrogens with zero attached hydrogens (tertiary/aromatic N) is 1. The summed E-state index contributed by atoms with van der Waals surface area (Å²) in [7, 11) is -3.70. The number of fused-ring (bicyclic) bond motifs is 1. The molecule has 3 aromatic carbocycles. The van der Waals surface area contributed by atoms with Crippen molar-refractivity contribution in [3.05, 3.63) is 90.0 Å². The second kappa shape index (κ2) is 10.5. The highest BCUT2D eigenvalue weighted by molar-refractivity contribution is 7.90. The molecule has 0 aliphatic carbocycles. The van der Waals surface area contributed by atoms with E-state index in [1.54, 1.807) is 66.7 Å². The minimum absolute atomic E-state index is 0.148. The van der Waals surface area contributed by atoms with Gasteiger partial charge in [-0.3, -0.25) is 19.3 Å². The monoisotopic (exact) mass is 490 g/mol. The fourth-order valence-corrected chi connectivity index (χ4v) is 4.97. The van der Waals surface area contributed by atoms with E-state index in [0.717, 1.165) is 12.8 Å². The van der Waals surface area contributed by atoms with Crippen LogP contribution in [-0.4, -0.2) is 32.1 Å². The van der Waals surface area contributed by atoms with Crippen molar-refractivity contribution in [3.8, 4) is 0 Å². The number of rotatable bonds is 8. The van der Waals surface area contributed by atoms with Crippen molar-refractivity contribution in [2.75, 3.05) is 10.6 Å². The highest BCUT2D eigenvalue weighted by Gasteiger charge is 2.31. The van der Waals surface area contributed by atoms with E-state index in [2.05, 4.69) is 20.3 Å². The van der Waals surface area contributed by atoms with Crippen molar-refractivity contribution in [2.24, 2.45) is 4.99 Å². The molecule has 0 aromatic heterocycles. The first kappa shape index (κ1) is 24.2. The number of aliphatic imine (C=N–C) groups is 1. The number of carbonyl (C=O) groups excluding carboxylic acids is 2. The van der Waals surface area contributed by atoms with Crippen LogP contribution in [0.3, 0.4) is 0 Å². The molecule has 3 aromatic rings. The highest BCUT2D eigenvalue weighted by atomic mass is 32.2. The Kier molecular flexibility index (Phi) is 7.26. The number of hydrogen-bond donors (Lipinski definition) is 3. The molecule has 1 aliphatic rings. The van der Waals surface area contributed by atoms with Crippen molar-refractivity contribution in [1.29, 1.82) is 0 Å². The smallest absolute Gasteiger partial charge is 0.263 e. The number of anilines is 2. The molecule has 1 atom stereocenters. The standard InChI is InChI=1S/C26H26N4O4S/c1-2-3-15-22(29-24-21-14-7-8-16-23(21)35(33,34)30-24)26(32)28-20-13-9-12-19(17-20)27-25(31)18-10-5-4-6-11-18/h4-14,16-17,22H,2-3,15H2,1H3,(H,27,31)(H,28,32)(H,29,30). The lowest BCUT2D eigenvalue weighted by Crippen LogP contribution is -2.30. The van der Waals surface area contributed by atoms with Crippen LogP contribution in [0.4, 0.5) is 11.4 Å². The Morgan fingerprint density at radius 1 is 0.914 bits per heavy atom. The Morgan fingerprint density at radius 2 is 1.60 bits per heavy atom. The summed E-state index contributed by atoms with van der Waals surface area (Å²) in [6.07, 6.45) is 2.06. The van der Waals surface area contributed by atoms with Crippen LogP contribution in [0.25, 0.3) is 0 Å². The molecule has 1 aliphatic heterocycles. The third kappa shape index (κ3) is 5.75. The van der Waals surface area contributed by atoms with E-state index in [0.29, 0.717) is 28.9 Å². The average Bonchev–Trinajstić information content (AvgIpc) is 3.12. The largest absolute Gasteiger partial charge is 0.324 e. The molecule has 0 saturated carbocycles. The highest BCUT2D eigenvalue weighted by Crippen LogP contribution is 2.24. The fourth-order valence-electron chi connectivity index (χ4n) is 3.73.